The molecule has 0 radical (unpaired) electrons. The molecule has 1 aliphatic carbocycles. The monoisotopic (exact) mass is 295 g/mol. The van der Waals surface area contributed by atoms with E-state index in [9.17, 15) is 8.42 Å². The standard InChI is InChI=1S/C14H21N3O2S/c1-20(18,19)13-8-3-2-7-12(13)10-17-14(15)16-9-11-5-4-6-11/h2-3,7-8,11H,4-6,9-10H2,1H3,(H3,15,16,17). The smallest absolute Gasteiger partial charge is 0.188 e. The molecule has 1 aromatic carbocycles. The molecule has 6 heteroatoms. The highest BCUT2D eigenvalue weighted by Gasteiger charge is 2.17. The second kappa shape index (κ2) is 6.26. The lowest BCUT2D eigenvalue weighted by Crippen LogP contribution is -2.37. The average Bonchev–Trinajstić information content (AvgIpc) is 2.34. The van der Waals surface area contributed by atoms with Crippen LogP contribution in [0.3, 0.4) is 0 Å². The number of nitrogens with zero attached hydrogens (tertiary/aromatic N) is 1. The molecule has 1 aliphatic rings. The van der Waals surface area contributed by atoms with E-state index in [1.165, 1.54) is 25.5 Å². The Kier molecular flexibility index (Phi) is 4.65. The van der Waals surface area contributed by atoms with Crippen LogP contribution in [0.4, 0.5) is 0 Å². The Bertz CT molecular complexity index is 592. The molecule has 0 aliphatic heterocycles. The quantitative estimate of drug-likeness (QED) is 0.633. The Morgan fingerprint density at radius 3 is 2.70 bits per heavy atom. The van der Waals surface area contributed by atoms with Crippen LogP contribution >= 0.6 is 0 Å². The fourth-order valence-corrected chi connectivity index (χ4v) is 3.10. The molecule has 1 aromatic rings. The van der Waals surface area contributed by atoms with Gasteiger partial charge in [-0.3, -0.25) is 0 Å². The topological polar surface area (TPSA) is 84.5 Å². The summed E-state index contributed by atoms with van der Waals surface area (Å²) >= 11 is 0. The molecule has 2 rings (SSSR count). The first-order valence-electron chi connectivity index (χ1n) is 6.78. The van der Waals surface area contributed by atoms with E-state index in [0.717, 1.165) is 6.54 Å². The molecular formula is C14H21N3O2S. The van der Waals surface area contributed by atoms with Crippen molar-refractivity contribution in [1.29, 1.82) is 0 Å². The maximum absolute atomic E-state index is 11.7. The largest absolute Gasteiger partial charge is 0.370 e. The van der Waals surface area contributed by atoms with Crippen LogP contribution < -0.4 is 11.1 Å². The van der Waals surface area contributed by atoms with Crippen LogP contribution in [-0.2, 0) is 16.4 Å². The first kappa shape index (κ1) is 14.8. The molecule has 0 spiro atoms. The van der Waals surface area contributed by atoms with Crippen molar-refractivity contribution in [3.63, 3.8) is 0 Å². The second-order valence-electron chi connectivity index (χ2n) is 5.26. The van der Waals surface area contributed by atoms with Gasteiger partial charge in [0.15, 0.2) is 15.8 Å². The highest BCUT2D eigenvalue weighted by molar-refractivity contribution is 7.90. The van der Waals surface area contributed by atoms with E-state index in [4.69, 9.17) is 5.73 Å². The third-order valence-corrected chi connectivity index (χ3v) is 4.79. The minimum atomic E-state index is -3.23. The van der Waals surface area contributed by atoms with Gasteiger partial charge in [-0.1, -0.05) is 24.6 Å². The van der Waals surface area contributed by atoms with E-state index in [1.54, 1.807) is 24.3 Å². The molecule has 0 heterocycles. The number of sulfone groups is 1. The number of nitrogens with one attached hydrogen (secondary N) is 1. The van der Waals surface area contributed by atoms with Crippen LogP contribution in [0.15, 0.2) is 34.2 Å². The number of hydrogen-bond acceptors (Lipinski definition) is 3. The predicted molar refractivity (Wildman–Crippen MR) is 80.2 cm³/mol. The molecule has 0 bridgehead atoms. The maximum Gasteiger partial charge on any atom is 0.188 e. The molecule has 3 N–H and O–H groups in total. The number of guanidine groups is 1. The van der Waals surface area contributed by atoms with Gasteiger partial charge in [-0.15, -0.1) is 0 Å². The van der Waals surface area contributed by atoms with Gasteiger partial charge in [-0.25, -0.2) is 13.4 Å². The van der Waals surface area contributed by atoms with Gasteiger partial charge in [0.2, 0.25) is 0 Å². The van der Waals surface area contributed by atoms with E-state index >= 15 is 0 Å². The first-order valence-corrected chi connectivity index (χ1v) is 8.67. The summed E-state index contributed by atoms with van der Waals surface area (Å²) in [4.78, 5) is 4.53. The molecular weight excluding hydrogens is 274 g/mol. The number of hydrogen-bond donors (Lipinski definition) is 2. The second-order valence-corrected chi connectivity index (χ2v) is 7.24. The summed E-state index contributed by atoms with van der Waals surface area (Å²) in [5.41, 5.74) is 6.47. The summed E-state index contributed by atoms with van der Waals surface area (Å²) in [6.07, 6.45) is 4.99. The van der Waals surface area contributed by atoms with Crippen molar-refractivity contribution in [2.24, 2.45) is 16.6 Å². The maximum atomic E-state index is 11.7. The fraction of sp³-hybridized carbons (Fsp3) is 0.500. The zero-order valence-corrected chi connectivity index (χ0v) is 12.5. The summed E-state index contributed by atoms with van der Waals surface area (Å²) < 4.78 is 23.3. The van der Waals surface area contributed by atoms with E-state index in [-0.39, 0.29) is 6.54 Å². The van der Waals surface area contributed by atoms with Crippen molar-refractivity contribution in [1.82, 2.24) is 5.32 Å². The molecule has 1 saturated carbocycles. The third kappa shape index (κ3) is 3.96. The van der Waals surface area contributed by atoms with E-state index in [0.29, 0.717) is 22.3 Å². The van der Waals surface area contributed by atoms with Gasteiger partial charge in [0, 0.05) is 12.8 Å². The summed E-state index contributed by atoms with van der Waals surface area (Å²) in [6.45, 7) is 1.12. The highest BCUT2D eigenvalue weighted by Crippen LogP contribution is 2.25. The predicted octanol–water partition coefficient (Wildman–Crippen LogP) is 1.29. The highest BCUT2D eigenvalue weighted by atomic mass is 32.2. The molecule has 5 nitrogen and oxygen atoms in total. The Labute approximate surface area is 120 Å². The van der Waals surface area contributed by atoms with Crippen LogP contribution in [0.1, 0.15) is 24.8 Å². The van der Waals surface area contributed by atoms with Crippen molar-refractivity contribution in [3.8, 4) is 0 Å². The molecule has 1 fully saturated rings. The Morgan fingerprint density at radius 2 is 2.10 bits per heavy atom. The summed E-state index contributed by atoms with van der Waals surface area (Å²) in [5.74, 6) is 1.08. The van der Waals surface area contributed by atoms with Gasteiger partial charge >= 0.3 is 0 Å². The molecule has 0 aromatic heterocycles. The van der Waals surface area contributed by atoms with Crippen LogP contribution in [-0.4, -0.2) is 27.2 Å². The van der Waals surface area contributed by atoms with Crippen LogP contribution in [0.5, 0.6) is 0 Å². The van der Waals surface area contributed by atoms with Gasteiger partial charge < -0.3 is 11.1 Å². The summed E-state index contributed by atoms with van der Waals surface area (Å²) in [5, 5.41) is 3.09. The van der Waals surface area contributed by atoms with Crippen molar-refractivity contribution in [2.45, 2.75) is 30.7 Å². The molecule has 0 saturated heterocycles. The number of rotatable bonds is 5. The number of nitrogens with two attached hydrogens (primary N) is 1. The molecule has 0 atom stereocenters. The Hall–Kier alpha value is -1.56. The third-order valence-electron chi connectivity index (χ3n) is 3.59. The average molecular weight is 295 g/mol. The lowest BCUT2D eigenvalue weighted by atomic mass is 9.85. The Morgan fingerprint density at radius 1 is 1.40 bits per heavy atom. The van der Waals surface area contributed by atoms with Gasteiger partial charge in [0.05, 0.1) is 11.4 Å². The molecule has 0 unspecified atom stereocenters. The Balaban J connectivity index is 1.99. The van der Waals surface area contributed by atoms with Crippen molar-refractivity contribution in [3.05, 3.63) is 29.8 Å². The first-order chi connectivity index (χ1) is 9.47. The van der Waals surface area contributed by atoms with Gasteiger partial charge in [0.1, 0.15) is 0 Å². The van der Waals surface area contributed by atoms with Crippen molar-refractivity contribution >= 4 is 15.8 Å². The number of benzene rings is 1. The summed E-state index contributed by atoms with van der Waals surface area (Å²) in [7, 11) is -3.23. The van der Waals surface area contributed by atoms with E-state index in [2.05, 4.69) is 10.3 Å². The van der Waals surface area contributed by atoms with Crippen molar-refractivity contribution in [2.75, 3.05) is 12.8 Å². The fourth-order valence-electron chi connectivity index (χ4n) is 2.17. The summed E-state index contributed by atoms with van der Waals surface area (Å²) in [6, 6.07) is 6.87. The van der Waals surface area contributed by atoms with Gasteiger partial charge in [0.25, 0.3) is 0 Å². The number of aliphatic imine (C=N–C) groups is 1. The van der Waals surface area contributed by atoms with Crippen LogP contribution in [0.25, 0.3) is 0 Å². The molecule has 20 heavy (non-hydrogen) atoms. The lowest BCUT2D eigenvalue weighted by molar-refractivity contribution is 0.315. The van der Waals surface area contributed by atoms with Crippen LogP contribution in [0, 0.1) is 5.92 Å². The van der Waals surface area contributed by atoms with E-state index < -0.39 is 9.84 Å². The SMILES string of the molecule is CS(=O)(=O)c1ccccc1CN=C(N)NCC1CCC1. The van der Waals surface area contributed by atoms with Crippen molar-refractivity contribution < 1.29 is 8.42 Å². The minimum Gasteiger partial charge on any atom is -0.370 e. The van der Waals surface area contributed by atoms with Gasteiger partial charge in [-0.05, 0) is 30.4 Å². The van der Waals surface area contributed by atoms with Crippen LogP contribution in [0.2, 0.25) is 0 Å². The lowest BCUT2D eigenvalue weighted by Gasteiger charge is -2.25. The molecule has 0 amide bonds. The minimum absolute atomic E-state index is 0.271. The zero-order chi connectivity index (χ0) is 14.6. The molecule has 110 valence electrons. The normalized spacial score (nSPS) is 16.8. The van der Waals surface area contributed by atoms with Gasteiger partial charge in [-0.2, -0.15) is 0 Å². The zero-order valence-electron chi connectivity index (χ0n) is 11.7. The van der Waals surface area contributed by atoms with E-state index in [1.807, 2.05) is 0 Å².